The average molecular weight is 275 g/mol. The van der Waals surface area contributed by atoms with E-state index in [0.717, 1.165) is 13.1 Å². The molecular weight excluding hydrogens is 254 g/mol. The summed E-state index contributed by atoms with van der Waals surface area (Å²) in [4.78, 5) is 2.41. The van der Waals surface area contributed by atoms with Crippen molar-refractivity contribution in [2.24, 2.45) is 5.41 Å². The van der Waals surface area contributed by atoms with E-state index >= 15 is 0 Å². The molecule has 0 spiro atoms. The van der Waals surface area contributed by atoms with Gasteiger partial charge in [0.25, 0.3) is 0 Å². The second kappa shape index (κ2) is 5.30. The zero-order valence-corrected chi connectivity index (χ0v) is 13.0. The monoisotopic (exact) mass is 275 g/mol. The summed E-state index contributed by atoms with van der Waals surface area (Å²) < 4.78 is 0. The van der Waals surface area contributed by atoms with Crippen molar-refractivity contribution in [3.05, 3.63) is 65.2 Å². The fourth-order valence-corrected chi connectivity index (χ4v) is 2.62. The topological polar surface area (TPSA) is 3.24 Å². The van der Waals surface area contributed by atoms with Gasteiger partial charge in [0.1, 0.15) is 0 Å². The van der Waals surface area contributed by atoms with Crippen LogP contribution in [0.3, 0.4) is 0 Å². The Morgan fingerprint density at radius 3 is 2.38 bits per heavy atom. The summed E-state index contributed by atoms with van der Waals surface area (Å²) in [7, 11) is 0. The summed E-state index contributed by atoms with van der Waals surface area (Å²) in [6, 6.07) is 17.1. The zero-order chi connectivity index (χ0) is 14.9. The Labute approximate surface area is 127 Å². The normalized spacial score (nSPS) is 13.6. The molecule has 0 saturated heterocycles. The fourth-order valence-electron chi connectivity index (χ4n) is 2.62. The maximum Gasteiger partial charge on any atom is 0.0449 e. The Morgan fingerprint density at radius 2 is 1.67 bits per heavy atom. The highest BCUT2D eigenvalue weighted by Gasteiger charge is 2.21. The number of rotatable bonds is 1. The third-order valence-electron chi connectivity index (χ3n) is 3.68. The minimum Gasteiger partial charge on any atom is -0.363 e. The third-order valence-corrected chi connectivity index (χ3v) is 3.68. The number of hydrogen-bond acceptors (Lipinski definition) is 1. The minimum atomic E-state index is 0.0421. The van der Waals surface area contributed by atoms with Crippen LogP contribution in [0.1, 0.15) is 37.5 Å². The summed E-state index contributed by atoms with van der Waals surface area (Å²) in [5, 5.41) is 0. The van der Waals surface area contributed by atoms with E-state index in [4.69, 9.17) is 0 Å². The van der Waals surface area contributed by atoms with Crippen LogP contribution in [0, 0.1) is 17.3 Å². The highest BCUT2D eigenvalue weighted by molar-refractivity contribution is 5.56. The standard InChI is InChI=1S/C20H21N/c1-20(2,3)13-12-16-8-7-9-17-14-21(15-19(16)17)18-10-5-4-6-11-18/h4-11H,14-15H2,1-3H3. The highest BCUT2D eigenvalue weighted by Crippen LogP contribution is 2.30. The minimum absolute atomic E-state index is 0.0421. The number of nitrogens with zero attached hydrogens (tertiary/aromatic N) is 1. The predicted molar refractivity (Wildman–Crippen MR) is 89.1 cm³/mol. The first kappa shape index (κ1) is 13.8. The molecule has 0 saturated carbocycles. The van der Waals surface area contributed by atoms with Crippen molar-refractivity contribution in [2.75, 3.05) is 4.90 Å². The summed E-state index contributed by atoms with van der Waals surface area (Å²) in [6.07, 6.45) is 0. The lowest BCUT2D eigenvalue weighted by Gasteiger charge is -2.17. The lowest BCUT2D eigenvalue weighted by Crippen LogP contribution is -2.14. The van der Waals surface area contributed by atoms with Crippen LogP contribution in [0.15, 0.2) is 48.5 Å². The Morgan fingerprint density at radius 1 is 0.905 bits per heavy atom. The van der Waals surface area contributed by atoms with Crippen molar-refractivity contribution in [1.82, 2.24) is 0 Å². The fraction of sp³-hybridized carbons (Fsp3) is 0.300. The second-order valence-corrected chi connectivity index (χ2v) is 6.63. The van der Waals surface area contributed by atoms with Crippen molar-refractivity contribution >= 4 is 5.69 Å². The number of benzene rings is 2. The van der Waals surface area contributed by atoms with Crippen LogP contribution in [0.2, 0.25) is 0 Å². The summed E-state index contributed by atoms with van der Waals surface area (Å²) in [5.41, 5.74) is 5.29. The first-order valence-corrected chi connectivity index (χ1v) is 7.47. The zero-order valence-electron chi connectivity index (χ0n) is 13.0. The van der Waals surface area contributed by atoms with Gasteiger partial charge in [-0.2, -0.15) is 0 Å². The third kappa shape index (κ3) is 3.11. The van der Waals surface area contributed by atoms with Crippen LogP contribution >= 0.6 is 0 Å². The molecule has 0 bridgehead atoms. The number of fused-ring (bicyclic) bond motifs is 1. The van der Waals surface area contributed by atoms with Gasteiger partial charge in [-0.15, -0.1) is 0 Å². The van der Waals surface area contributed by atoms with Crippen LogP contribution in [0.5, 0.6) is 0 Å². The van der Waals surface area contributed by atoms with E-state index in [9.17, 15) is 0 Å². The first-order chi connectivity index (χ1) is 10.0. The van der Waals surface area contributed by atoms with Gasteiger partial charge in [-0.25, -0.2) is 0 Å². The van der Waals surface area contributed by atoms with E-state index in [2.05, 4.69) is 86.0 Å². The molecule has 1 aliphatic heterocycles. The van der Waals surface area contributed by atoms with Crippen LogP contribution in [0.25, 0.3) is 0 Å². The van der Waals surface area contributed by atoms with Crippen molar-refractivity contribution in [3.8, 4) is 11.8 Å². The molecule has 2 aromatic rings. The average Bonchev–Trinajstić information content (AvgIpc) is 2.89. The Bertz CT molecular complexity index is 696. The van der Waals surface area contributed by atoms with Crippen molar-refractivity contribution < 1.29 is 0 Å². The molecule has 2 aromatic carbocycles. The van der Waals surface area contributed by atoms with Crippen LogP contribution in [0.4, 0.5) is 5.69 Å². The SMILES string of the molecule is CC(C)(C)C#Cc1cccc2c1CN(c1ccccc1)C2. The van der Waals surface area contributed by atoms with E-state index in [1.54, 1.807) is 0 Å². The molecule has 0 amide bonds. The van der Waals surface area contributed by atoms with Gasteiger partial charge >= 0.3 is 0 Å². The van der Waals surface area contributed by atoms with Crippen LogP contribution in [-0.4, -0.2) is 0 Å². The molecule has 0 N–H and O–H groups in total. The second-order valence-electron chi connectivity index (χ2n) is 6.63. The van der Waals surface area contributed by atoms with Crippen LogP contribution in [-0.2, 0) is 13.1 Å². The first-order valence-electron chi connectivity index (χ1n) is 7.47. The van der Waals surface area contributed by atoms with Gasteiger partial charge in [-0.1, -0.05) is 42.2 Å². The van der Waals surface area contributed by atoms with Gasteiger partial charge in [-0.3, -0.25) is 0 Å². The molecule has 3 rings (SSSR count). The maximum atomic E-state index is 3.38. The van der Waals surface area contributed by atoms with E-state index in [1.165, 1.54) is 22.4 Å². The Kier molecular flexibility index (Phi) is 3.47. The largest absolute Gasteiger partial charge is 0.363 e. The molecule has 0 atom stereocenters. The van der Waals surface area contributed by atoms with Crippen LogP contribution < -0.4 is 4.90 Å². The smallest absolute Gasteiger partial charge is 0.0449 e. The van der Waals surface area contributed by atoms with E-state index < -0.39 is 0 Å². The molecule has 1 heteroatoms. The van der Waals surface area contributed by atoms with E-state index in [1.807, 2.05) is 0 Å². The molecule has 0 unspecified atom stereocenters. The molecule has 21 heavy (non-hydrogen) atoms. The highest BCUT2D eigenvalue weighted by atomic mass is 15.1. The quantitative estimate of drug-likeness (QED) is 0.687. The molecule has 106 valence electrons. The van der Waals surface area contributed by atoms with E-state index in [0.29, 0.717) is 0 Å². The summed E-state index contributed by atoms with van der Waals surface area (Å²) in [6.45, 7) is 8.39. The Balaban J connectivity index is 1.91. The lowest BCUT2D eigenvalue weighted by molar-refractivity contribution is 0.571. The summed E-state index contributed by atoms with van der Waals surface area (Å²) in [5.74, 6) is 6.73. The summed E-state index contributed by atoms with van der Waals surface area (Å²) >= 11 is 0. The molecule has 1 aliphatic rings. The van der Waals surface area contributed by atoms with Crippen molar-refractivity contribution in [2.45, 2.75) is 33.9 Å². The molecule has 0 radical (unpaired) electrons. The van der Waals surface area contributed by atoms with Gasteiger partial charge in [0.2, 0.25) is 0 Å². The van der Waals surface area contributed by atoms with Gasteiger partial charge in [-0.05, 0) is 50.1 Å². The molecule has 0 aliphatic carbocycles. The Hall–Kier alpha value is -2.20. The van der Waals surface area contributed by atoms with Gasteiger partial charge in [0.05, 0.1) is 0 Å². The predicted octanol–water partition coefficient (Wildman–Crippen LogP) is 4.60. The maximum absolute atomic E-state index is 3.38. The van der Waals surface area contributed by atoms with Crippen molar-refractivity contribution in [1.29, 1.82) is 0 Å². The van der Waals surface area contributed by atoms with Crippen molar-refractivity contribution in [3.63, 3.8) is 0 Å². The molecular formula is C20H21N. The number of hydrogen-bond donors (Lipinski definition) is 0. The number of para-hydroxylation sites is 1. The van der Waals surface area contributed by atoms with E-state index in [-0.39, 0.29) is 5.41 Å². The molecule has 0 aromatic heterocycles. The number of anilines is 1. The van der Waals surface area contributed by atoms with Gasteiger partial charge in [0.15, 0.2) is 0 Å². The van der Waals surface area contributed by atoms with Gasteiger partial charge < -0.3 is 4.90 Å². The lowest BCUT2D eigenvalue weighted by atomic mass is 9.96. The molecule has 0 fully saturated rings. The van der Waals surface area contributed by atoms with Gasteiger partial charge in [0, 0.05) is 29.8 Å². The molecule has 1 nitrogen and oxygen atoms in total. The molecule has 1 heterocycles.